The summed E-state index contributed by atoms with van der Waals surface area (Å²) < 4.78 is 15.9. The van der Waals surface area contributed by atoms with Crippen molar-refractivity contribution in [3.8, 4) is 5.75 Å². The van der Waals surface area contributed by atoms with E-state index in [0.29, 0.717) is 24.5 Å². The number of esters is 1. The molecule has 2 rings (SSSR count). The molecule has 5 heteroatoms. The zero-order chi connectivity index (χ0) is 15.8. The van der Waals surface area contributed by atoms with Crippen LogP contribution in [0.5, 0.6) is 5.75 Å². The van der Waals surface area contributed by atoms with E-state index >= 15 is 0 Å². The standard InChI is InChI=1S/C17H21NO4/c1-3-5-6-7-10-21-13-8-9-14-15(12-17(19)20-4-2)18-22-16(14)11-13/h3,8-9,11H,1,4-7,10,12H2,2H3. The Bertz CT molecular complexity index is 633. The van der Waals surface area contributed by atoms with E-state index in [1.807, 2.05) is 18.2 Å². The van der Waals surface area contributed by atoms with Gasteiger partial charge in [0.15, 0.2) is 5.58 Å². The van der Waals surface area contributed by atoms with Crippen LogP contribution in [0, 0.1) is 0 Å². The number of fused-ring (bicyclic) bond motifs is 1. The van der Waals surface area contributed by atoms with Crippen LogP contribution in [0.15, 0.2) is 35.4 Å². The van der Waals surface area contributed by atoms with Crippen LogP contribution in [-0.4, -0.2) is 24.3 Å². The molecule has 0 spiro atoms. The SMILES string of the molecule is C=CCCCCOc1ccc2c(CC(=O)OCC)noc2c1. The van der Waals surface area contributed by atoms with E-state index in [1.54, 1.807) is 13.0 Å². The monoisotopic (exact) mass is 303 g/mol. The normalized spacial score (nSPS) is 10.6. The summed E-state index contributed by atoms with van der Waals surface area (Å²) in [6.07, 6.45) is 5.07. The molecule has 22 heavy (non-hydrogen) atoms. The van der Waals surface area contributed by atoms with Gasteiger partial charge >= 0.3 is 5.97 Å². The fourth-order valence-electron chi connectivity index (χ4n) is 2.12. The van der Waals surface area contributed by atoms with Gasteiger partial charge in [-0.2, -0.15) is 0 Å². The molecule has 0 N–H and O–H groups in total. The summed E-state index contributed by atoms with van der Waals surface area (Å²) in [5.41, 5.74) is 1.20. The maximum absolute atomic E-state index is 11.5. The van der Waals surface area contributed by atoms with Crippen molar-refractivity contribution in [2.45, 2.75) is 32.6 Å². The molecule has 0 saturated carbocycles. The van der Waals surface area contributed by atoms with Crippen LogP contribution in [0.2, 0.25) is 0 Å². The second kappa shape index (κ2) is 8.22. The molecule has 0 fully saturated rings. The third-order valence-corrected chi connectivity index (χ3v) is 3.21. The van der Waals surface area contributed by atoms with E-state index in [9.17, 15) is 4.79 Å². The molecule has 0 aliphatic carbocycles. The average molecular weight is 303 g/mol. The Morgan fingerprint density at radius 2 is 2.27 bits per heavy atom. The Morgan fingerprint density at radius 1 is 1.41 bits per heavy atom. The predicted molar refractivity (Wildman–Crippen MR) is 83.9 cm³/mol. The molecule has 0 amide bonds. The molecule has 118 valence electrons. The van der Waals surface area contributed by atoms with Crippen LogP contribution < -0.4 is 4.74 Å². The second-order valence-corrected chi connectivity index (χ2v) is 4.90. The van der Waals surface area contributed by atoms with Crippen molar-refractivity contribution in [1.29, 1.82) is 0 Å². The molecule has 0 radical (unpaired) electrons. The molecule has 2 aromatic rings. The number of unbranched alkanes of at least 4 members (excludes halogenated alkanes) is 2. The van der Waals surface area contributed by atoms with Gasteiger partial charge < -0.3 is 14.0 Å². The van der Waals surface area contributed by atoms with Gasteiger partial charge in [0, 0.05) is 11.5 Å². The fourth-order valence-corrected chi connectivity index (χ4v) is 2.12. The summed E-state index contributed by atoms with van der Waals surface area (Å²) >= 11 is 0. The van der Waals surface area contributed by atoms with E-state index in [2.05, 4.69) is 11.7 Å². The quantitative estimate of drug-likeness (QED) is 0.402. The minimum Gasteiger partial charge on any atom is -0.493 e. The summed E-state index contributed by atoms with van der Waals surface area (Å²) in [4.78, 5) is 11.5. The molecule has 1 aromatic heterocycles. The average Bonchev–Trinajstić information content (AvgIpc) is 2.90. The lowest BCUT2D eigenvalue weighted by Gasteiger charge is -2.05. The van der Waals surface area contributed by atoms with Crippen molar-refractivity contribution in [1.82, 2.24) is 5.16 Å². The Morgan fingerprint density at radius 3 is 3.05 bits per heavy atom. The highest BCUT2D eigenvalue weighted by Crippen LogP contribution is 2.24. The molecule has 1 heterocycles. The first-order valence-electron chi connectivity index (χ1n) is 7.52. The van der Waals surface area contributed by atoms with Gasteiger partial charge in [-0.1, -0.05) is 11.2 Å². The summed E-state index contributed by atoms with van der Waals surface area (Å²) in [5.74, 6) is 0.435. The van der Waals surface area contributed by atoms with Crippen molar-refractivity contribution < 1.29 is 18.8 Å². The third kappa shape index (κ3) is 4.35. The molecule has 0 atom stereocenters. The van der Waals surface area contributed by atoms with Gasteiger partial charge in [-0.3, -0.25) is 4.79 Å². The van der Waals surface area contributed by atoms with Gasteiger partial charge in [0.05, 0.1) is 19.6 Å². The van der Waals surface area contributed by atoms with Crippen LogP contribution in [0.1, 0.15) is 31.9 Å². The van der Waals surface area contributed by atoms with E-state index in [-0.39, 0.29) is 12.4 Å². The number of nitrogens with zero attached hydrogens (tertiary/aromatic N) is 1. The Balaban J connectivity index is 1.97. The van der Waals surface area contributed by atoms with Crippen molar-refractivity contribution in [2.75, 3.05) is 13.2 Å². The van der Waals surface area contributed by atoms with Gasteiger partial charge in [0.2, 0.25) is 0 Å². The fraction of sp³-hybridized carbons (Fsp3) is 0.412. The smallest absolute Gasteiger partial charge is 0.312 e. The van der Waals surface area contributed by atoms with Gasteiger partial charge in [0.1, 0.15) is 11.4 Å². The number of rotatable bonds is 9. The molecule has 0 unspecified atom stereocenters. The van der Waals surface area contributed by atoms with Crippen molar-refractivity contribution in [3.63, 3.8) is 0 Å². The summed E-state index contributed by atoms with van der Waals surface area (Å²) in [7, 11) is 0. The van der Waals surface area contributed by atoms with Gasteiger partial charge in [-0.15, -0.1) is 6.58 Å². The molecular weight excluding hydrogens is 282 g/mol. The van der Waals surface area contributed by atoms with Crippen molar-refractivity contribution in [3.05, 3.63) is 36.5 Å². The van der Waals surface area contributed by atoms with Crippen LogP contribution >= 0.6 is 0 Å². The number of allylic oxidation sites excluding steroid dienone is 1. The topological polar surface area (TPSA) is 61.6 Å². The predicted octanol–water partition coefficient (Wildman–Crippen LogP) is 3.67. The first-order chi connectivity index (χ1) is 10.7. The van der Waals surface area contributed by atoms with Crippen molar-refractivity contribution in [2.24, 2.45) is 0 Å². The van der Waals surface area contributed by atoms with Gasteiger partial charge in [-0.05, 0) is 38.3 Å². The van der Waals surface area contributed by atoms with E-state index < -0.39 is 0 Å². The zero-order valence-corrected chi connectivity index (χ0v) is 12.8. The van der Waals surface area contributed by atoms with Crippen LogP contribution in [0.25, 0.3) is 11.0 Å². The lowest BCUT2D eigenvalue weighted by atomic mass is 10.1. The molecule has 0 aliphatic heterocycles. The molecule has 1 aromatic carbocycles. The largest absolute Gasteiger partial charge is 0.493 e. The maximum atomic E-state index is 11.5. The maximum Gasteiger partial charge on any atom is 0.312 e. The lowest BCUT2D eigenvalue weighted by molar-refractivity contribution is -0.142. The molecular formula is C17H21NO4. The van der Waals surface area contributed by atoms with Crippen LogP contribution in [0.3, 0.4) is 0 Å². The van der Waals surface area contributed by atoms with E-state index in [1.165, 1.54) is 0 Å². The number of carbonyl (C=O) groups excluding carboxylic acids is 1. The minimum atomic E-state index is -0.305. The first kappa shape index (κ1) is 16.1. The minimum absolute atomic E-state index is 0.114. The highest BCUT2D eigenvalue weighted by atomic mass is 16.5. The highest BCUT2D eigenvalue weighted by Gasteiger charge is 2.13. The second-order valence-electron chi connectivity index (χ2n) is 4.90. The van der Waals surface area contributed by atoms with Crippen LogP contribution in [-0.2, 0) is 16.0 Å². The lowest BCUT2D eigenvalue weighted by Crippen LogP contribution is -2.07. The number of aromatic nitrogens is 1. The Kier molecular flexibility index (Phi) is 6.01. The number of ether oxygens (including phenoxy) is 2. The van der Waals surface area contributed by atoms with Gasteiger partial charge in [0.25, 0.3) is 0 Å². The summed E-state index contributed by atoms with van der Waals surface area (Å²) in [6, 6.07) is 5.52. The number of carbonyl (C=O) groups is 1. The molecule has 0 aliphatic rings. The summed E-state index contributed by atoms with van der Waals surface area (Å²) in [6.45, 7) is 6.48. The Hall–Kier alpha value is -2.30. The van der Waals surface area contributed by atoms with Gasteiger partial charge in [-0.25, -0.2) is 0 Å². The van der Waals surface area contributed by atoms with E-state index in [4.69, 9.17) is 14.0 Å². The molecule has 0 bridgehead atoms. The number of hydrogen-bond acceptors (Lipinski definition) is 5. The van der Waals surface area contributed by atoms with Crippen LogP contribution in [0.4, 0.5) is 0 Å². The summed E-state index contributed by atoms with van der Waals surface area (Å²) in [5, 5.41) is 4.75. The molecule has 5 nitrogen and oxygen atoms in total. The first-order valence-corrected chi connectivity index (χ1v) is 7.52. The number of hydrogen-bond donors (Lipinski definition) is 0. The van der Waals surface area contributed by atoms with Crippen molar-refractivity contribution >= 4 is 16.9 Å². The third-order valence-electron chi connectivity index (χ3n) is 3.21. The Labute approximate surface area is 129 Å². The molecule has 0 saturated heterocycles. The number of benzene rings is 1. The zero-order valence-electron chi connectivity index (χ0n) is 12.8. The highest BCUT2D eigenvalue weighted by molar-refractivity contribution is 5.85. The van der Waals surface area contributed by atoms with E-state index in [0.717, 1.165) is 30.4 Å².